The van der Waals surface area contributed by atoms with Gasteiger partial charge in [0.15, 0.2) is 11.6 Å². The summed E-state index contributed by atoms with van der Waals surface area (Å²) in [4.78, 5) is 25.0. The monoisotopic (exact) mass is 368 g/mol. The first-order valence-corrected chi connectivity index (χ1v) is 8.66. The van der Waals surface area contributed by atoms with E-state index in [2.05, 4.69) is 0 Å². The number of fused-ring (bicyclic) bond motifs is 2. The van der Waals surface area contributed by atoms with Crippen LogP contribution in [0.25, 0.3) is 0 Å². The highest BCUT2D eigenvalue weighted by Crippen LogP contribution is 2.57. The van der Waals surface area contributed by atoms with E-state index in [1.54, 1.807) is 0 Å². The standard InChI is InChI=1S/C20H16O7/c21-9-3-1-7-12-13-8(20(27)6-5-11(23)14(9)16(7)20)2-4-10(22)15(13)18(25)19(26)17(12)24/h1-4,12,17,19,21-22,24,26-27H,5-6H2/t12?,17-,19+,20-/m1/s1. The van der Waals surface area contributed by atoms with Crippen LogP contribution in [-0.2, 0) is 5.60 Å². The summed E-state index contributed by atoms with van der Waals surface area (Å²) in [6, 6.07) is 5.51. The van der Waals surface area contributed by atoms with Crippen molar-refractivity contribution >= 4 is 11.6 Å². The van der Waals surface area contributed by atoms with Gasteiger partial charge >= 0.3 is 0 Å². The molecule has 0 saturated heterocycles. The van der Waals surface area contributed by atoms with Crippen LogP contribution in [0.4, 0.5) is 0 Å². The Morgan fingerprint density at radius 2 is 1.63 bits per heavy atom. The predicted octanol–water partition coefficient (Wildman–Crippen LogP) is 0.674. The third-order valence-electron chi connectivity index (χ3n) is 6.12. The first-order chi connectivity index (χ1) is 12.8. The summed E-state index contributed by atoms with van der Waals surface area (Å²) in [7, 11) is 0. The van der Waals surface area contributed by atoms with Crippen molar-refractivity contribution in [2.24, 2.45) is 0 Å². The number of carbonyl (C=O) groups excluding carboxylic acids is 2. The molecule has 3 aliphatic carbocycles. The molecule has 27 heavy (non-hydrogen) atoms. The Labute approximate surface area is 153 Å². The SMILES string of the molecule is O=C1CC[C@@]2(O)c3ccc(O)c4c3C(c3ccc(O)c1c32)[C@@H](O)[C@H](O)C4=O. The summed E-state index contributed by atoms with van der Waals surface area (Å²) >= 11 is 0. The molecule has 0 aliphatic heterocycles. The summed E-state index contributed by atoms with van der Waals surface area (Å²) in [5, 5.41) is 52.9. The number of aliphatic hydroxyl groups is 3. The van der Waals surface area contributed by atoms with Crippen LogP contribution >= 0.6 is 0 Å². The van der Waals surface area contributed by atoms with E-state index in [0.29, 0.717) is 11.1 Å². The number of hydrogen-bond acceptors (Lipinski definition) is 7. The van der Waals surface area contributed by atoms with Crippen molar-refractivity contribution in [1.29, 1.82) is 0 Å². The molecule has 0 aromatic heterocycles. The van der Waals surface area contributed by atoms with Gasteiger partial charge in [-0.3, -0.25) is 9.59 Å². The molecule has 2 aromatic rings. The average molecular weight is 368 g/mol. The minimum atomic E-state index is -1.75. The molecule has 0 radical (unpaired) electrons. The first kappa shape index (κ1) is 16.4. The molecule has 138 valence electrons. The van der Waals surface area contributed by atoms with Gasteiger partial charge in [0.25, 0.3) is 0 Å². The predicted molar refractivity (Wildman–Crippen MR) is 91.0 cm³/mol. The third-order valence-corrected chi connectivity index (χ3v) is 6.12. The smallest absolute Gasteiger partial charge is 0.197 e. The number of phenolic OH excluding ortho intramolecular Hbond substituents is 2. The van der Waals surface area contributed by atoms with Crippen molar-refractivity contribution in [3.05, 3.63) is 57.6 Å². The fourth-order valence-electron chi connectivity index (χ4n) is 4.95. The Morgan fingerprint density at radius 1 is 0.963 bits per heavy atom. The Kier molecular flexibility index (Phi) is 3.01. The zero-order chi connectivity index (χ0) is 19.2. The van der Waals surface area contributed by atoms with Gasteiger partial charge in [0.2, 0.25) is 0 Å². The summed E-state index contributed by atoms with van der Waals surface area (Å²) in [6.45, 7) is 0. The lowest BCUT2D eigenvalue weighted by molar-refractivity contribution is 0.00237. The number of benzene rings is 2. The van der Waals surface area contributed by atoms with Gasteiger partial charge in [0, 0.05) is 17.9 Å². The highest BCUT2D eigenvalue weighted by Gasteiger charge is 2.54. The topological polar surface area (TPSA) is 135 Å². The van der Waals surface area contributed by atoms with Crippen LogP contribution in [0.5, 0.6) is 11.5 Å². The number of rotatable bonds is 0. The van der Waals surface area contributed by atoms with Gasteiger partial charge in [-0.2, -0.15) is 0 Å². The van der Waals surface area contributed by atoms with E-state index in [1.807, 2.05) is 0 Å². The Bertz CT molecular complexity index is 1060. The second-order valence-electron chi connectivity index (χ2n) is 7.41. The molecule has 7 heteroatoms. The fourth-order valence-corrected chi connectivity index (χ4v) is 4.95. The van der Waals surface area contributed by atoms with Crippen LogP contribution in [0.3, 0.4) is 0 Å². The first-order valence-electron chi connectivity index (χ1n) is 8.66. The molecule has 5 N–H and O–H groups in total. The largest absolute Gasteiger partial charge is 0.507 e. The van der Waals surface area contributed by atoms with Crippen LogP contribution < -0.4 is 0 Å². The Balaban J connectivity index is 1.96. The number of aliphatic hydroxyl groups excluding tert-OH is 2. The summed E-state index contributed by atoms with van der Waals surface area (Å²) in [5.41, 5.74) is -0.648. The molecule has 7 nitrogen and oxygen atoms in total. The van der Waals surface area contributed by atoms with E-state index in [4.69, 9.17) is 0 Å². The van der Waals surface area contributed by atoms with E-state index in [0.717, 1.165) is 0 Å². The molecular formula is C20H16O7. The van der Waals surface area contributed by atoms with Crippen molar-refractivity contribution in [3.8, 4) is 11.5 Å². The maximum atomic E-state index is 12.5. The van der Waals surface area contributed by atoms with Gasteiger partial charge in [0.05, 0.1) is 17.2 Å². The van der Waals surface area contributed by atoms with Crippen molar-refractivity contribution in [2.75, 3.05) is 0 Å². The second kappa shape index (κ2) is 4.95. The van der Waals surface area contributed by atoms with E-state index in [1.165, 1.54) is 24.3 Å². The summed E-state index contributed by atoms with van der Waals surface area (Å²) < 4.78 is 0. The summed E-state index contributed by atoms with van der Waals surface area (Å²) in [5.74, 6) is -2.66. The second-order valence-corrected chi connectivity index (χ2v) is 7.41. The van der Waals surface area contributed by atoms with Gasteiger partial charge < -0.3 is 25.5 Å². The van der Waals surface area contributed by atoms with Crippen LogP contribution in [-0.4, -0.2) is 49.3 Å². The molecule has 0 spiro atoms. The molecule has 5 rings (SSSR count). The molecule has 2 aromatic carbocycles. The normalized spacial score (nSPS) is 30.7. The van der Waals surface area contributed by atoms with Crippen molar-refractivity contribution in [2.45, 2.75) is 36.6 Å². The van der Waals surface area contributed by atoms with Gasteiger partial charge in [-0.1, -0.05) is 12.1 Å². The Morgan fingerprint density at radius 3 is 2.37 bits per heavy atom. The molecule has 0 fully saturated rings. The molecule has 0 heterocycles. The lowest BCUT2D eigenvalue weighted by Crippen LogP contribution is -2.49. The van der Waals surface area contributed by atoms with E-state index >= 15 is 0 Å². The van der Waals surface area contributed by atoms with Crippen LogP contribution in [0.15, 0.2) is 24.3 Å². The van der Waals surface area contributed by atoms with Crippen LogP contribution in [0.1, 0.15) is 61.7 Å². The van der Waals surface area contributed by atoms with Crippen LogP contribution in [0.2, 0.25) is 0 Å². The molecular weight excluding hydrogens is 352 g/mol. The number of aromatic hydroxyl groups is 2. The minimum absolute atomic E-state index is 0.0000449. The van der Waals surface area contributed by atoms with Crippen molar-refractivity contribution in [1.82, 2.24) is 0 Å². The van der Waals surface area contributed by atoms with E-state index < -0.39 is 29.5 Å². The Hall–Kier alpha value is -2.74. The van der Waals surface area contributed by atoms with Gasteiger partial charge in [-0.15, -0.1) is 0 Å². The number of carbonyl (C=O) groups is 2. The third kappa shape index (κ3) is 1.76. The average Bonchev–Trinajstić information content (AvgIpc) is 2.63. The lowest BCUT2D eigenvalue weighted by Gasteiger charge is -2.47. The zero-order valence-corrected chi connectivity index (χ0v) is 14.0. The molecule has 0 bridgehead atoms. The minimum Gasteiger partial charge on any atom is -0.507 e. The molecule has 4 atom stereocenters. The lowest BCUT2D eigenvalue weighted by atomic mass is 9.59. The molecule has 1 unspecified atom stereocenters. The van der Waals surface area contributed by atoms with Gasteiger partial charge in [0.1, 0.15) is 23.2 Å². The number of hydrogen-bond donors (Lipinski definition) is 5. The number of Topliss-reactive ketones (excluding diaryl/α,β-unsaturated/α-hetero) is 2. The molecule has 0 saturated carbocycles. The van der Waals surface area contributed by atoms with E-state index in [9.17, 15) is 35.1 Å². The summed E-state index contributed by atoms with van der Waals surface area (Å²) in [6.07, 6.45) is -3.22. The van der Waals surface area contributed by atoms with Gasteiger partial charge in [-0.25, -0.2) is 0 Å². The maximum Gasteiger partial charge on any atom is 0.197 e. The number of ketones is 2. The van der Waals surface area contributed by atoms with Crippen LogP contribution in [0, 0.1) is 0 Å². The maximum absolute atomic E-state index is 12.5. The van der Waals surface area contributed by atoms with Gasteiger partial charge in [-0.05, 0) is 35.2 Å². The highest BCUT2D eigenvalue weighted by atomic mass is 16.3. The molecule has 0 amide bonds. The highest BCUT2D eigenvalue weighted by molar-refractivity contribution is 6.07. The quantitative estimate of drug-likeness (QED) is 0.461. The fraction of sp³-hybridized carbons (Fsp3) is 0.300. The van der Waals surface area contributed by atoms with E-state index in [-0.39, 0.29) is 52.4 Å². The molecule has 3 aliphatic rings. The van der Waals surface area contributed by atoms with Crippen molar-refractivity contribution < 1.29 is 35.1 Å². The van der Waals surface area contributed by atoms with Crippen molar-refractivity contribution in [3.63, 3.8) is 0 Å². The number of phenols is 2. The zero-order valence-electron chi connectivity index (χ0n) is 14.0.